The fraction of sp³-hybridized carbons (Fsp3) is 0.174. The van der Waals surface area contributed by atoms with E-state index in [1.807, 2.05) is 55.1 Å². The molecule has 0 saturated carbocycles. The molecule has 8 heteroatoms. The number of benzene rings is 2. The highest BCUT2D eigenvalue weighted by molar-refractivity contribution is 7.80. The number of carbonyl (C=O) groups excluding carboxylic acids is 1. The lowest BCUT2D eigenvalue weighted by molar-refractivity contribution is -0.113. The number of allylic oxidation sites excluding steroid dienone is 1. The summed E-state index contributed by atoms with van der Waals surface area (Å²) in [6.45, 7) is 5.67. The summed E-state index contributed by atoms with van der Waals surface area (Å²) in [5.41, 5.74) is 4.10. The standard InChI is InChI=1S/C23H21ClN4O2S/c1-13-5-4-6-18(11-13)28-15(3)20(22(29)25-19-12-14(2)30-27-19)21(26-23(28)31)16-7-9-17(24)10-8-16/h4-12,21H,1-3H3,(H,26,31)(H,25,27,29). The second-order valence-electron chi connectivity index (χ2n) is 7.38. The van der Waals surface area contributed by atoms with E-state index in [1.165, 1.54) is 0 Å². The number of hydrogen-bond acceptors (Lipinski definition) is 4. The second-order valence-corrected chi connectivity index (χ2v) is 8.21. The molecule has 4 rings (SSSR count). The first kappa shape index (κ1) is 21.1. The van der Waals surface area contributed by atoms with Crippen molar-refractivity contribution in [3.05, 3.63) is 87.8 Å². The van der Waals surface area contributed by atoms with E-state index in [-0.39, 0.29) is 5.91 Å². The van der Waals surface area contributed by atoms with Gasteiger partial charge in [-0.3, -0.25) is 9.69 Å². The number of aryl methyl sites for hydroxylation is 2. The summed E-state index contributed by atoms with van der Waals surface area (Å²) < 4.78 is 5.08. The Balaban J connectivity index is 1.81. The summed E-state index contributed by atoms with van der Waals surface area (Å²) in [6.07, 6.45) is 0. The molecule has 1 aliphatic rings. The van der Waals surface area contributed by atoms with Crippen LogP contribution in [0.3, 0.4) is 0 Å². The average molecular weight is 453 g/mol. The Kier molecular flexibility index (Phi) is 5.80. The predicted molar refractivity (Wildman–Crippen MR) is 126 cm³/mol. The minimum atomic E-state index is -0.446. The van der Waals surface area contributed by atoms with Crippen LogP contribution in [0.15, 0.2) is 70.4 Å². The maximum Gasteiger partial charge on any atom is 0.257 e. The summed E-state index contributed by atoms with van der Waals surface area (Å²) in [5, 5.41) is 11.2. The number of hydrogen-bond donors (Lipinski definition) is 2. The van der Waals surface area contributed by atoms with E-state index in [4.69, 9.17) is 28.3 Å². The number of rotatable bonds is 4. The fourth-order valence-corrected chi connectivity index (χ4v) is 4.12. The molecule has 2 N–H and O–H groups in total. The highest BCUT2D eigenvalue weighted by Gasteiger charge is 2.35. The molecule has 1 atom stereocenters. The Labute approximate surface area is 190 Å². The van der Waals surface area contributed by atoms with Gasteiger partial charge in [-0.1, -0.05) is 41.0 Å². The summed E-state index contributed by atoms with van der Waals surface area (Å²) in [4.78, 5) is 15.3. The first-order chi connectivity index (χ1) is 14.8. The maximum atomic E-state index is 13.4. The van der Waals surface area contributed by atoms with Crippen molar-refractivity contribution in [3.8, 4) is 0 Å². The highest BCUT2D eigenvalue weighted by atomic mass is 35.5. The van der Waals surface area contributed by atoms with E-state index in [9.17, 15) is 4.79 Å². The lowest BCUT2D eigenvalue weighted by Crippen LogP contribution is -2.48. The molecule has 1 amide bonds. The average Bonchev–Trinajstić information content (AvgIpc) is 3.12. The van der Waals surface area contributed by atoms with Gasteiger partial charge in [0.05, 0.1) is 11.6 Å². The largest absolute Gasteiger partial charge is 0.360 e. The number of amides is 1. The smallest absolute Gasteiger partial charge is 0.257 e. The van der Waals surface area contributed by atoms with Gasteiger partial charge in [0.25, 0.3) is 5.91 Å². The molecule has 1 aliphatic heterocycles. The van der Waals surface area contributed by atoms with Crippen LogP contribution >= 0.6 is 23.8 Å². The van der Waals surface area contributed by atoms with Crippen LogP contribution in [0.2, 0.25) is 5.02 Å². The Morgan fingerprint density at radius 1 is 1.16 bits per heavy atom. The molecule has 31 heavy (non-hydrogen) atoms. The lowest BCUT2D eigenvalue weighted by atomic mass is 9.94. The van der Waals surface area contributed by atoms with Crippen LogP contribution in [0, 0.1) is 13.8 Å². The molecule has 0 saturated heterocycles. The van der Waals surface area contributed by atoms with Gasteiger partial charge in [0.2, 0.25) is 0 Å². The second kappa shape index (κ2) is 8.53. The van der Waals surface area contributed by atoms with Crippen LogP contribution in [0.1, 0.15) is 29.9 Å². The van der Waals surface area contributed by atoms with Crippen LogP contribution in [-0.4, -0.2) is 16.2 Å². The molecule has 3 aromatic rings. The van der Waals surface area contributed by atoms with Gasteiger partial charge in [0.1, 0.15) is 5.76 Å². The van der Waals surface area contributed by atoms with E-state index >= 15 is 0 Å². The van der Waals surface area contributed by atoms with Gasteiger partial charge in [-0.25, -0.2) is 0 Å². The van der Waals surface area contributed by atoms with Crippen LogP contribution in [0.25, 0.3) is 0 Å². The predicted octanol–water partition coefficient (Wildman–Crippen LogP) is 5.29. The Bertz CT molecular complexity index is 1190. The van der Waals surface area contributed by atoms with Crippen LogP contribution in [0.5, 0.6) is 0 Å². The van der Waals surface area contributed by atoms with Crippen molar-refractivity contribution < 1.29 is 9.32 Å². The Morgan fingerprint density at radius 3 is 2.55 bits per heavy atom. The molecule has 1 unspecified atom stereocenters. The molecule has 0 radical (unpaired) electrons. The van der Waals surface area contributed by atoms with Crippen molar-refractivity contribution in [2.75, 3.05) is 10.2 Å². The van der Waals surface area contributed by atoms with Crippen LogP contribution < -0.4 is 15.5 Å². The third kappa shape index (κ3) is 4.33. The van der Waals surface area contributed by atoms with E-state index < -0.39 is 6.04 Å². The van der Waals surface area contributed by atoms with Gasteiger partial charge < -0.3 is 15.2 Å². The Morgan fingerprint density at radius 2 is 1.90 bits per heavy atom. The minimum Gasteiger partial charge on any atom is -0.360 e. The molecule has 2 heterocycles. The lowest BCUT2D eigenvalue weighted by Gasteiger charge is -2.38. The zero-order valence-electron chi connectivity index (χ0n) is 17.3. The third-order valence-corrected chi connectivity index (χ3v) is 5.61. The van der Waals surface area contributed by atoms with Crippen molar-refractivity contribution in [1.82, 2.24) is 10.5 Å². The quantitative estimate of drug-likeness (QED) is 0.524. The number of aromatic nitrogens is 1. The molecular weight excluding hydrogens is 432 g/mol. The van der Waals surface area contributed by atoms with E-state index in [0.717, 1.165) is 22.5 Å². The van der Waals surface area contributed by atoms with Crippen LogP contribution in [0.4, 0.5) is 11.5 Å². The molecule has 0 fully saturated rings. The molecule has 1 aromatic heterocycles. The summed E-state index contributed by atoms with van der Waals surface area (Å²) in [6, 6.07) is 16.5. The van der Waals surface area contributed by atoms with Gasteiger partial charge >= 0.3 is 0 Å². The SMILES string of the molecule is CC1=C(C(=O)Nc2cc(C)on2)C(c2ccc(Cl)cc2)NC(=S)N1c1cccc(C)c1. The number of nitrogens with zero attached hydrogens (tertiary/aromatic N) is 2. The van der Waals surface area contributed by atoms with Gasteiger partial charge in [-0.15, -0.1) is 0 Å². The molecule has 6 nitrogen and oxygen atoms in total. The third-order valence-electron chi connectivity index (χ3n) is 5.06. The molecule has 0 bridgehead atoms. The fourth-order valence-electron chi connectivity index (χ4n) is 3.63. The van der Waals surface area contributed by atoms with E-state index in [2.05, 4.69) is 15.8 Å². The minimum absolute atomic E-state index is 0.293. The van der Waals surface area contributed by atoms with Crippen molar-refractivity contribution in [2.45, 2.75) is 26.8 Å². The topological polar surface area (TPSA) is 70.4 Å². The summed E-state index contributed by atoms with van der Waals surface area (Å²) >= 11 is 11.8. The van der Waals surface area contributed by atoms with Crippen molar-refractivity contribution in [2.24, 2.45) is 0 Å². The normalized spacial score (nSPS) is 16.3. The summed E-state index contributed by atoms with van der Waals surface area (Å²) in [5.74, 6) is 0.672. The maximum absolute atomic E-state index is 13.4. The zero-order chi connectivity index (χ0) is 22.1. The zero-order valence-corrected chi connectivity index (χ0v) is 18.8. The van der Waals surface area contributed by atoms with Gasteiger partial charge in [0.15, 0.2) is 10.9 Å². The first-order valence-electron chi connectivity index (χ1n) is 9.71. The summed E-state index contributed by atoms with van der Waals surface area (Å²) in [7, 11) is 0. The number of carbonyl (C=O) groups is 1. The Hall–Kier alpha value is -3.16. The van der Waals surface area contributed by atoms with Crippen molar-refractivity contribution >= 4 is 46.3 Å². The number of anilines is 2. The first-order valence-corrected chi connectivity index (χ1v) is 10.5. The van der Waals surface area contributed by atoms with Gasteiger partial charge in [-0.2, -0.15) is 0 Å². The van der Waals surface area contributed by atoms with Gasteiger partial charge in [-0.05, 0) is 68.4 Å². The number of halogens is 1. The van der Waals surface area contributed by atoms with E-state index in [1.54, 1.807) is 25.1 Å². The monoisotopic (exact) mass is 452 g/mol. The van der Waals surface area contributed by atoms with Crippen LogP contribution in [-0.2, 0) is 4.79 Å². The van der Waals surface area contributed by atoms with Crippen molar-refractivity contribution in [1.29, 1.82) is 0 Å². The molecular formula is C23H21ClN4O2S. The molecule has 0 aliphatic carbocycles. The highest BCUT2D eigenvalue weighted by Crippen LogP contribution is 2.34. The molecule has 2 aromatic carbocycles. The van der Waals surface area contributed by atoms with Gasteiger partial charge in [0, 0.05) is 22.5 Å². The number of nitrogens with one attached hydrogen (secondary N) is 2. The number of thiocarbonyl (C=S) groups is 1. The van der Waals surface area contributed by atoms with Crippen molar-refractivity contribution in [3.63, 3.8) is 0 Å². The van der Waals surface area contributed by atoms with E-state index in [0.29, 0.717) is 27.3 Å². The molecule has 0 spiro atoms. The molecule has 158 valence electrons.